The Balaban J connectivity index is 1.52. The number of alkyl halides is 3. The summed E-state index contributed by atoms with van der Waals surface area (Å²) in [7, 11) is 1.30. The SMILES string of the molecule is COc1cc(-c2nc(-c3cc(C)nc(C)c3)c3n2C[C@@H](COCc2ccccc2)OCC3)ccc1OC(F)(F)F. The van der Waals surface area contributed by atoms with Gasteiger partial charge in [-0.2, -0.15) is 0 Å². The number of benzene rings is 2. The van der Waals surface area contributed by atoms with Crippen molar-refractivity contribution in [3.63, 3.8) is 0 Å². The van der Waals surface area contributed by atoms with Gasteiger partial charge in [-0.1, -0.05) is 30.3 Å². The van der Waals surface area contributed by atoms with E-state index in [-0.39, 0.29) is 11.9 Å². The second-order valence-electron chi connectivity index (χ2n) is 9.64. The number of hydrogen-bond acceptors (Lipinski definition) is 6. The van der Waals surface area contributed by atoms with Crippen molar-refractivity contribution in [3.8, 4) is 34.1 Å². The van der Waals surface area contributed by atoms with Gasteiger partial charge in [-0.15, -0.1) is 13.2 Å². The van der Waals surface area contributed by atoms with Crippen molar-refractivity contribution >= 4 is 0 Å². The summed E-state index contributed by atoms with van der Waals surface area (Å²) >= 11 is 0. The van der Waals surface area contributed by atoms with Gasteiger partial charge < -0.3 is 23.5 Å². The van der Waals surface area contributed by atoms with Gasteiger partial charge in [-0.3, -0.25) is 4.98 Å². The van der Waals surface area contributed by atoms with Gasteiger partial charge in [0.25, 0.3) is 0 Å². The molecule has 0 radical (unpaired) electrons. The zero-order chi connectivity index (χ0) is 28.3. The number of aryl methyl sites for hydroxylation is 2. The summed E-state index contributed by atoms with van der Waals surface area (Å²) in [5.74, 6) is 0.127. The van der Waals surface area contributed by atoms with E-state index in [9.17, 15) is 13.2 Å². The topological polar surface area (TPSA) is 67.6 Å². The molecule has 0 saturated carbocycles. The predicted molar refractivity (Wildman–Crippen MR) is 143 cm³/mol. The maximum absolute atomic E-state index is 12.9. The van der Waals surface area contributed by atoms with E-state index in [1.54, 1.807) is 6.07 Å². The highest BCUT2D eigenvalue weighted by atomic mass is 19.4. The Bertz CT molecular complexity index is 1450. The fraction of sp³-hybridized carbons (Fsp3) is 0.333. The van der Waals surface area contributed by atoms with Gasteiger partial charge in [0.15, 0.2) is 11.5 Å². The molecular weight excluding hydrogens is 523 g/mol. The molecule has 210 valence electrons. The van der Waals surface area contributed by atoms with Crippen LogP contribution in [0.4, 0.5) is 13.2 Å². The normalized spacial score (nSPS) is 15.4. The van der Waals surface area contributed by atoms with Crippen LogP contribution in [0.25, 0.3) is 22.6 Å². The molecular formula is C30H30F3N3O4. The molecule has 2 aromatic carbocycles. The number of hydrogen-bond donors (Lipinski definition) is 0. The molecule has 5 rings (SSSR count). The molecule has 1 aliphatic rings. The van der Waals surface area contributed by atoms with Gasteiger partial charge in [0.1, 0.15) is 5.82 Å². The number of methoxy groups -OCH3 is 1. The lowest BCUT2D eigenvalue weighted by Crippen LogP contribution is -2.24. The van der Waals surface area contributed by atoms with Crippen LogP contribution in [0, 0.1) is 13.8 Å². The van der Waals surface area contributed by atoms with E-state index in [0.717, 1.165) is 33.9 Å². The number of ether oxygens (including phenoxy) is 4. The minimum absolute atomic E-state index is 0.0445. The number of nitrogens with zero attached hydrogens (tertiary/aromatic N) is 3. The first-order chi connectivity index (χ1) is 19.2. The third kappa shape index (κ3) is 6.46. The maximum Gasteiger partial charge on any atom is 0.573 e. The third-order valence-electron chi connectivity index (χ3n) is 6.57. The van der Waals surface area contributed by atoms with Crippen molar-refractivity contribution in [1.82, 2.24) is 14.5 Å². The monoisotopic (exact) mass is 553 g/mol. The lowest BCUT2D eigenvalue weighted by molar-refractivity contribution is -0.275. The van der Waals surface area contributed by atoms with E-state index in [1.165, 1.54) is 19.2 Å². The van der Waals surface area contributed by atoms with Crippen molar-refractivity contribution in [3.05, 3.63) is 83.3 Å². The Morgan fingerprint density at radius 1 is 0.950 bits per heavy atom. The first-order valence-electron chi connectivity index (χ1n) is 12.9. The minimum Gasteiger partial charge on any atom is -0.493 e. The Kier molecular flexibility index (Phi) is 8.09. The molecule has 7 nitrogen and oxygen atoms in total. The molecule has 0 amide bonds. The Labute approximate surface area is 230 Å². The van der Waals surface area contributed by atoms with Crippen LogP contribution in [0.2, 0.25) is 0 Å². The number of imidazole rings is 1. The largest absolute Gasteiger partial charge is 0.573 e. The lowest BCUT2D eigenvalue weighted by Gasteiger charge is -2.18. The number of halogens is 3. The Morgan fingerprint density at radius 3 is 2.40 bits per heavy atom. The van der Waals surface area contributed by atoms with Crippen LogP contribution in [0.3, 0.4) is 0 Å². The summed E-state index contributed by atoms with van der Waals surface area (Å²) in [6, 6.07) is 18.2. The molecule has 0 N–H and O–H groups in total. The molecule has 0 bridgehead atoms. The summed E-state index contributed by atoms with van der Waals surface area (Å²) in [5, 5.41) is 0. The fourth-order valence-corrected chi connectivity index (χ4v) is 4.94. The Morgan fingerprint density at radius 2 is 1.70 bits per heavy atom. The second kappa shape index (κ2) is 11.7. The van der Waals surface area contributed by atoms with E-state index < -0.39 is 12.1 Å². The van der Waals surface area contributed by atoms with Crippen LogP contribution >= 0.6 is 0 Å². The van der Waals surface area contributed by atoms with Crippen LogP contribution in [0.1, 0.15) is 22.6 Å². The molecule has 0 aliphatic carbocycles. The molecule has 40 heavy (non-hydrogen) atoms. The number of fused-ring (bicyclic) bond motifs is 1. The van der Waals surface area contributed by atoms with Crippen LogP contribution < -0.4 is 9.47 Å². The average Bonchev–Trinajstić information content (AvgIpc) is 3.12. The van der Waals surface area contributed by atoms with Crippen molar-refractivity contribution in [2.75, 3.05) is 20.3 Å². The van der Waals surface area contributed by atoms with Gasteiger partial charge in [-0.25, -0.2) is 4.98 Å². The molecule has 0 unspecified atom stereocenters. The van der Waals surface area contributed by atoms with Crippen LogP contribution in [-0.2, 0) is 29.0 Å². The molecule has 1 aliphatic heterocycles. The quantitative estimate of drug-likeness (QED) is 0.255. The molecule has 10 heteroatoms. The van der Waals surface area contributed by atoms with E-state index in [0.29, 0.717) is 44.2 Å². The number of aromatic nitrogens is 3. The van der Waals surface area contributed by atoms with Crippen molar-refractivity contribution in [2.24, 2.45) is 0 Å². The molecule has 3 heterocycles. The second-order valence-corrected chi connectivity index (χ2v) is 9.64. The Hall–Kier alpha value is -3.89. The zero-order valence-electron chi connectivity index (χ0n) is 22.5. The van der Waals surface area contributed by atoms with Gasteiger partial charge >= 0.3 is 6.36 Å². The highest BCUT2D eigenvalue weighted by Gasteiger charge is 2.33. The van der Waals surface area contributed by atoms with Gasteiger partial charge in [0.05, 0.1) is 45.3 Å². The molecule has 0 fully saturated rings. The number of pyridine rings is 1. The summed E-state index contributed by atoms with van der Waals surface area (Å²) in [5.41, 5.74) is 6.07. The summed E-state index contributed by atoms with van der Waals surface area (Å²) in [6.07, 6.45) is -4.49. The van der Waals surface area contributed by atoms with Crippen molar-refractivity contribution < 1.29 is 32.1 Å². The fourth-order valence-electron chi connectivity index (χ4n) is 4.94. The highest BCUT2D eigenvalue weighted by Crippen LogP contribution is 2.38. The molecule has 1 atom stereocenters. The van der Waals surface area contributed by atoms with E-state index >= 15 is 0 Å². The van der Waals surface area contributed by atoms with Crippen LogP contribution in [-0.4, -0.2) is 47.3 Å². The average molecular weight is 554 g/mol. The molecule has 0 spiro atoms. The van der Waals surface area contributed by atoms with Gasteiger partial charge in [-0.05, 0) is 49.7 Å². The van der Waals surface area contributed by atoms with Crippen LogP contribution in [0.15, 0.2) is 60.7 Å². The standard InChI is InChI=1S/C30H30F3N3O4/c1-19-13-23(14-20(2)34-19)28-25-11-12-39-24(18-38-17-21-7-5-4-6-8-21)16-36(25)29(35-28)22-9-10-26(27(15-22)37-3)40-30(31,32)33/h4-10,13-15,24H,11-12,16-18H2,1-3H3/t24-/m0/s1. The summed E-state index contributed by atoms with van der Waals surface area (Å²) in [6.45, 7) is 5.62. The van der Waals surface area contributed by atoms with Crippen LogP contribution in [0.5, 0.6) is 11.5 Å². The van der Waals surface area contributed by atoms with E-state index in [4.69, 9.17) is 19.2 Å². The first-order valence-corrected chi connectivity index (χ1v) is 12.9. The molecule has 2 aromatic heterocycles. The van der Waals surface area contributed by atoms with Gasteiger partial charge in [0.2, 0.25) is 0 Å². The highest BCUT2D eigenvalue weighted by molar-refractivity contribution is 5.70. The molecule has 0 saturated heterocycles. The first kappa shape index (κ1) is 27.7. The van der Waals surface area contributed by atoms with E-state index in [1.807, 2.05) is 56.3 Å². The molecule has 4 aromatic rings. The van der Waals surface area contributed by atoms with Crippen molar-refractivity contribution in [1.29, 1.82) is 0 Å². The minimum atomic E-state index is -4.84. The lowest BCUT2D eigenvalue weighted by atomic mass is 10.1. The smallest absolute Gasteiger partial charge is 0.493 e. The predicted octanol–water partition coefficient (Wildman–Crippen LogP) is 6.29. The van der Waals surface area contributed by atoms with Gasteiger partial charge in [0, 0.05) is 34.6 Å². The summed E-state index contributed by atoms with van der Waals surface area (Å²) in [4.78, 5) is 9.51. The summed E-state index contributed by atoms with van der Waals surface area (Å²) < 4.78 is 62.4. The third-order valence-corrected chi connectivity index (χ3v) is 6.57. The zero-order valence-corrected chi connectivity index (χ0v) is 22.5. The van der Waals surface area contributed by atoms with Crippen molar-refractivity contribution in [2.45, 2.75) is 45.9 Å². The van der Waals surface area contributed by atoms with E-state index in [2.05, 4.69) is 14.3 Å². The number of rotatable bonds is 8. The maximum atomic E-state index is 12.9.